The van der Waals surface area contributed by atoms with Gasteiger partial charge in [-0.1, -0.05) is 0 Å². The molecule has 66 valence electrons. The van der Waals surface area contributed by atoms with Gasteiger partial charge in [0.05, 0.1) is 12.7 Å². The number of rotatable bonds is 1. The van der Waals surface area contributed by atoms with Gasteiger partial charge < -0.3 is 16.2 Å². The van der Waals surface area contributed by atoms with Gasteiger partial charge in [0.15, 0.2) is 0 Å². The van der Waals surface area contributed by atoms with Gasteiger partial charge in [0.1, 0.15) is 0 Å². The molecule has 1 fully saturated rings. The van der Waals surface area contributed by atoms with E-state index in [-0.39, 0.29) is 18.0 Å². The number of epoxide rings is 1. The van der Waals surface area contributed by atoms with E-state index in [2.05, 4.69) is 5.73 Å². The summed E-state index contributed by atoms with van der Waals surface area (Å²) in [7, 11) is 0. The van der Waals surface area contributed by atoms with Gasteiger partial charge in [-0.05, 0) is 18.6 Å². The summed E-state index contributed by atoms with van der Waals surface area (Å²) in [6, 6.07) is 0.130. The van der Waals surface area contributed by atoms with Crippen molar-refractivity contribution < 1.29 is 4.74 Å². The SMILES string of the molecule is NC1C=C=CCC(N)C1C1CO1. The average molecular weight is 166 g/mol. The van der Waals surface area contributed by atoms with E-state index in [9.17, 15) is 0 Å². The van der Waals surface area contributed by atoms with E-state index in [1.54, 1.807) is 0 Å². The van der Waals surface area contributed by atoms with Gasteiger partial charge in [-0.3, -0.25) is 0 Å². The summed E-state index contributed by atoms with van der Waals surface area (Å²) < 4.78 is 5.22. The lowest BCUT2D eigenvalue weighted by molar-refractivity contribution is 0.276. The van der Waals surface area contributed by atoms with E-state index in [0.29, 0.717) is 6.10 Å². The molecule has 0 bridgehead atoms. The highest BCUT2D eigenvalue weighted by Gasteiger charge is 2.39. The molecule has 0 aromatic heterocycles. The molecule has 2 aliphatic rings. The average Bonchev–Trinajstić information content (AvgIpc) is 2.80. The fourth-order valence-electron chi connectivity index (χ4n) is 1.74. The monoisotopic (exact) mass is 166 g/mol. The Hall–Kier alpha value is -0.600. The van der Waals surface area contributed by atoms with Crippen LogP contribution >= 0.6 is 0 Å². The van der Waals surface area contributed by atoms with Crippen LogP contribution < -0.4 is 11.5 Å². The second-order valence-corrected chi connectivity index (χ2v) is 3.46. The van der Waals surface area contributed by atoms with Crippen LogP contribution in [0.5, 0.6) is 0 Å². The van der Waals surface area contributed by atoms with E-state index in [1.807, 2.05) is 12.2 Å². The summed E-state index contributed by atoms with van der Waals surface area (Å²) in [5.41, 5.74) is 14.9. The van der Waals surface area contributed by atoms with Crippen LogP contribution in [0.4, 0.5) is 0 Å². The summed E-state index contributed by atoms with van der Waals surface area (Å²) in [4.78, 5) is 0. The molecule has 1 saturated heterocycles. The molecule has 3 heteroatoms. The molecular formula is C9H14N2O. The van der Waals surface area contributed by atoms with E-state index < -0.39 is 0 Å². The largest absolute Gasteiger partial charge is 0.373 e. The third-order valence-corrected chi connectivity index (χ3v) is 2.52. The fourth-order valence-corrected chi connectivity index (χ4v) is 1.74. The van der Waals surface area contributed by atoms with Crippen LogP contribution in [0.3, 0.4) is 0 Å². The van der Waals surface area contributed by atoms with Crippen molar-refractivity contribution in [1.82, 2.24) is 0 Å². The predicted octanol–water partition coefficient (Wildman–Crippen LogP) is -0.229. The van der Waals surface area contributed by atoms with Crippen LogP contribution in [0.25, 0.3) is 0 Å². The van der Waals surface area contributed by atoms with Gasteiger partial charge in [-0.15, -0.1) is 5.73 Å². The Kier molecular flexibility index (Phi) is 2.03. The van der Waals surface area contributed by atoms with Gasteiger partial charge in [0, 0.05) is 18.0 Å². The Morgan fingerprint density at radius 2 is 2.17 bits per heavy atom. The number of hydrogen-bond donors (Lipinski definition) is 2. The normalized spacial score (nSPS) is 45.8. The molecule has 1 heterocycles. The van der Waals surface area contributed by atoms with Crippen molar-refractivity contribution in [3.8, 4) is 0 Å². The lowest BCUT2D eigenvalue weighted by atomic mass is 9.89. The highest BCUT2D eigenvalue weighted by Crippen LogP contribution is 2.27. The Bertz CT molecular complexity index is 229. The van der Waals surface area contributed by atoms with Crippen molar-refractivity contribution in [2.24, 2.45) is 17.4 Å². The third-order valence-electron chi connectivity index (χ3n) is 2.52. The van der Waals surface area contributed by atoms with Crippen LogP contribution in [0.2, 0.25) is 0 Å². The Labute approximate surface area is 72.1 Å². The minimum absolute atomic E-state index is 0.00579. The molecule has 3 nitrogen and oxygen atoms in total. The molecule has 2 rings (SSSR count). The number of nitrogens with two attached hydrogens (primary N) is 2. The predicted molar refractivity (Wildman–Crippen MR) is 46.5 cm³/mol. The molecule has 4 atom stereocenters. The van der Waals surface area contributed by atoms with E-state index in [1.165, 1.54) is 0 Å². The zero-order valence-corrected chi connectivity index (χ0v) is 6.94. The minimum Gasteiger partial charge on any atom is -0.373 e. The van der Waals surface area contributed by atoms with Crippen LogP contribution in [0, 0.1) is 5.92 Å². The van der Waals surface area contributed by atoms with E-state index in [0.717, 1.165) is 13.0 Å². The first-order valence-corrected chi connectivity index (χ1v) is 4.33. The maximum atomic E-state index is 5.96. The van der Waals surface area contributed by atoms with Crippen molar-refractivity contribution in [3.63, 3.8) is 0 Å². The molecule has 0 aromatic carbocycles. The van der Waals surface area contributed by atoms with Crippen molar-refractivity contribution in [2.75, 3.05) is 6.61 Å². The van der Waals surface area contributed by atoms with Crippen molar-refractivity contribution in [1.29, 1.82) is 0 Å². The summed E-state index contributed by atoms with van der Waals surface area (Å²) in [6.45, 7) is 0.819. The molecule has 0 radical (unpaired) electrons. The standard InChI is InChI=1S/C9H14N2O/c10-6-3-1-2-4-7(11)9(6)8-5-12-8/h1,4,6-9H,3,5,10-11H2. The van der Waals surface area contributed by atoms with Gasteiger partial charge >= 0.3 is 0 Å². The maximum absolute atomic E-state index is 5.96. The smallest absolute Gasteiger partial charge is 0.0871 e. The molecule has 0 aromatic rings. The maximum Gasteiger partial charge on any atom is 0.0871 e. The van der Waals surface area contributed by atoms with Gasteiger partial charge in [-0.25, -0.2) is 0 Å². The van der Waals surface area contributed by atoms with Crippen molar-refractivity contribution in [2.45, 2.75) is 24.6 Å². The number of ether oxygens (including phenoxy) is 1. The van der Waals surface area contributed by atoms with Crippen molar-refractivity contribution in [3.05, 3.63) is 17.9 Å². The van der Waals surface area contributed by atoms with Gasteiger partial charge in [-0.2, -0.15) is 0 Å². The van der Waals surface area contributed by atoms with Crippen LogP contribution in [0.1, 0.15) is 6.42 Å². The van der Waals surface area contributed by atoms with Gasteiger partial charge in [0.25, 0.3) is 0 Å². The number of hydrogen-bond acceptors (Lipinski definition) is 3. The second kappa shape index (κ2) is 3.04. The molecule has 4 N–H and O–H groups in total. The Morgan fingerprint density at radius 1 is 1.42 bits per heavy atom. The highest BCUT2D eigenvalue weighted by atomic mass is 16.6. The molecular weight excluding hydrogens is 152 g/mol. The summed E-state index contributed by atoms with van der Waals surface area (Å²) >= 11 is 0. The second-order valence-electron chi connectivity index (χ2n) is 3.46. The van der Waals surface area contributed by atoms with E-state index in [4.69, 9.17) is 16.2 Å². The summed E-state index contributed by atoms with van der Waals surface area (Å²) in [5, 5.41) is 0. The molecule has 0 saturated carbocycles. The quantitative estimate of drug-likeness (QED) is 0.418. The summed E-state index contributed by atoms with van der Waals surface area (Å²) in [5.74, 6) is 0.274. The van der Waals surface area contributed by atoms with Crippen LogP contribution in [-0.2, 0) is 4.74 Å². The Morgan fingerprint density at radius 3 is 2.83 bits per heavy atom. The first-order valence-electron chi connectivity index (χ1n) is 4.33. The van der Waals surface area contributed by atoms with Crippen molar-refractivity contribution >= 4 is 0 Å². The molecule has 0 amide bonds. The molecule has 1 aliphatic heterocycles. The highest BCUT2D eigenvalue weighted by molar-refractivity contribution is 5.07. The fraction of sp³-hybridized carbons (Fsp3) is 0.667. The van der Waals surface area contributed by atoms with E-state index >= 15 is 0 Å². The Balaban J connectivity index is 2.12. The third kappa shape index (κ3) is 1.45. The topological polar surface area (TPSA) is 64.6 Å². The molecule has 0 spiro atoms. The van der Waals surface area contributed by atoms with Crippen LogP contribution in [-0.4, -0.2) is 24.8 Å². The zero-order chi connectivity index (χ0) is 8.55. The first-order chi connectivity index (χ1) is 5.79. The summed E-state index contributed by atoms with van der Waals surface area (Å²) in [6.07, 6.45) is 4.99. The lowest BCUT2D eigenvalue weighted by Crippen LogP contribution is -2.43. The minimum atomic E-state index is 0.00579. The molecule has 1 aliphatic carbocycles. The van der Waals surface area contributed by atoms with Gasteiger partial charge in [0.2, 0.25) is 0 Å². The zero-order valence-electron chi connectivity index (χ0n) is 6.94. The lowest BCUT2D eigenvalue weighted by Gasteiger charge is -2.23. The molecule has 12 heavy (non-hydrogen) atoms. The first kappa shape index (κ1) is 8.02. The molecule has 4 unspecified atom stereocenters. The van der Waals surface area contributed by atoms with Crippen LogP contribution in [0.15, 0.2) is 17.9 Å².